The van der Waals surface area contributed by atoms with Gasteiger partial charge in [-0.15, -0.1) is 0 Å². The van der Waals surface area contributed by atoms with Crippen LogP contribution in [0.2, 0.25) is 0 Å². The van der Waals surface area contributed by atoms with Gasteiger partial charge in [0.25, 0.3) is 0 Å². The predicted molar refractivity (Wildman–Crippen MR) is 205 cm³/mol. The van der Waals surface area contributed by atoms with Crippen LogP contribution in [-0.2, 0) is 0 Å². The van der Waals surface area contributed by atoms with Crippen LogP contribution in [0.15, 0.2) is 166 Å². The third-order valence-corrected chi connectivity index (χ3v) is 9.33. The van der Waals surface area contributed by atoms with E-state index in [1.807, 2.05) is 97.1 Å². The molecule has 0 bridgehead atoms. The van der Waals surface area contributed by atoms with Crippen molar-refractivity contribution in [3.8, 4) is 39.9 Å². The molecule has 6 heteroatoms. The van der Waals surface area contributed by atoms with E-state index in [9.17, 15) is 0 Å². The molecule has 0 spiro atoms. The molecule has 6 nitrogen and oxygen atoms in total. The molecular weight excluding hydrogens is 629 g/mol. The molecule has 11 rings (SSSR count). The predicted octanol–water partition coefficient (Wildman–Crippen LogP) is 11.8. The molecule has 0 aliphatic heterocycles. The van der Waals surface area contributed by atoms with Crippen molar-refractivity contribution in [3.05, 3.63) is 158 Å². The highest BCUT2D eigenvalue weighted by molar-refractivity contribution is 6.12. The minimum absolute atomic E-state index is 0.0679. The van der Waals surface area contributed by atoms with E-state index in [1.165, 1.54) is 4.57 Å². The second kappa shape index (κ2) is 10.7. The van der Waals surface area contributed by atoms with Gasteiger partial charge in [0, 0.05) is 49.0 Å². The van der Waals surface area contributed by atoms with E-state index in [-0.39, 0.29) is 39.4 Å². The summed E-state index contributed by atoms with van der Waals surface area (Å²) in [6, 6.07) is 30.9. The Morgan fingerprint density at radius 3 is 1.82 bits per heavy atom. The van der Waals surface area contributed by atoms with Gasteiger partial charge in [-0.1, -0.05) is 109 Å². The lowest BCUT2D eigenvalue weighted by atomic mass is 10.00. The lowest BCUT2D eigenvalue weighted by molar-refractivity contribution is 0.668. The molecule has 0 aliphatic carbocycles. The average Bonchev–Trinajstić information content (AvgIpc) is 3.96. The molecule has 51 heavy (non-hydrogen) atoms. The van der Waals surface area contributed by atoms with Crippen molar-refractivity contribution in [1.82, 2.24) is 19.5 Å². The number of aromatic nitrogens is 4. The van der Waals surface area contributed by atoms with E-state index in [0.29, 0.717) is 22.3 Å². The first-order valence-corrected chi connectivity index (χ1v) is 16.3. The highest BCUT2D eigenvalue weighted by Gasteiger charge is 2.19. The molecule has 238 valence electrons. The Morgan fingerprint density at radius 2 is 1.06 bits per heavy atom. The van der Waals surface area contributed by atoms with Crippen molar-refractivity contribution in [3.63, 3.8) is 0 Å². The van der Waals surface area contributed by atoms with Crippen LogP contribution in [0.1, 0.15) is 11.0 Å². The van der Waals surface area contributed by atoms with E-state index < -0.39 is 48.3 Å². The average molecular weight is 663 g/mol. The summed E-state index contributed by atoms with van der Waals surface area (Å²) in [5.74, 6) is 0.355. The highest BCUT2D eigenvalue weighted by Crippen LogP contribution is 2.39. The van der Waals surface area contributed by atoms with Gasteiger partial charge in [0.15, 0.2) is 11.6 Å². The van der Waals surface area contributed by atoms with Gasteiger partial charge in [-0.2, -0.15) is 9.97 Å². The van der Waals surface area contributed by atoms with Crippen LogP contribution in [0.25, 0.3) is 106 Å². The minimum Gasteiger partial charge on any atom is -0.456 e. The molecule has 4 aromatic heterocycles. The maximum absolute atomic E-state index is 9.02. The van der Waals surface area contributed by atoms with Crippen molar-refractivity contribution in [2.24, 2.45) is 0 Å². The van der Waals surface area contributed by atoms with Gasteiger partial charge >= 0.3 is 0 Å². The maximum atomic E-state index is 9.02. The van der Waals surface area contributed by atoms with Crippen molar-refractivity contribution in [1.29, 1.82) is 0 Å². The Labute approximate surface area is 302 Å². The number of hydrogen-bond donors (Lipinski definition) is 0. The molecule has 0 amide bonds. The van der Waals surface area contributed by atoms with Gasteiger partial charge in [-0.25, -0.2) is 4.98 Å². The standard InChI is InChI=1S/C45H26N4O2/c1-2-11-27(12-3-1)43-46-44(48-45(47-43)49-37-18-7-4-13-31(37)32-14-5-8-19-38(32)49)29-22-24-41-36(26-29)35-25-28(21-23-40(35)50-41)30-16-10-17-34-33-15-6-9-20-39(33)51-42(30)34/h1-26H/i4D,5D,7D,8D,13D,14D,18D,19D. The van der Waals surface area contributed by atoms with E-state index in [0.717, 1.165) is 43.8 Å². The molecule has 0 aliphatic rings. The van der Waals surface area contributed by atoms with Gasteiger partial charge in [-0.3, -0.25) is 4.57 Å². The molecule has 0 unspecified atom stereocenters. The number of para-hydroxylation sites is 4. The van der Waals surface area contributed by atoms with Crippen LogP contribution in [0.4, 0.5) is 0 Å². The number of nitrogens with zero attached hydrogens (tertiary/aromatic N) is 4. The summed E-state index contributed by atoms with van der Waals surface area (Å²) >= 11 is 0. The largest absolute Gasteiger partial charge is 0.456 e. The summed E-state index contributed by atoms with van der Waals surface area (Å²) in [5, 5.41) is 3.56. The maximum Gasteiger partial charge on any atom is 0.238 e. The summed E-state index contributed by atoms with van der Waals surface area (Å²) < 4.78 is 83.8. The van der Waals surface area contributed by atoms with Crippen molar-refractivity contribution in [2.75, 3.05) is 0 Å². The van der Waals surface area contributed by atoms with Crippen LogP contribution in [-0.4, -0.2) is 19.5 Å². The van der Waals surface area contributed by atoms with Crippen LogP contribution >= 0.6 is 0 Å². The molecule has 0 radical (unpaired) electrons. The molecule has 0 saturated carbocycles. The Morgan fingerprint density at radius 1 is 0.451 bits per heavy atom. The van der Waals surface area contributed by atoms with Crippen LogP contribution < -0.4 is 0 Å². The molecule has 0 fully saturated rings. The topological polar surface area (TPSA) is 69.9 Å². The van der Waals surface area contributed by atoms with Gasteiger partial charge in [-0.05, 0) is 54.0 Å². The first-order chi connectivity index (χ1) is 28.6. The zero-order valence-electron chi connectivity index (χ0n) is 34.5. The van der Waals surface area contributed by atoms with Crippen LogP contribution in [0.5, 0.6) is 0 Å². The summed E-state index contributed by atoms with van der Waals surface area (Å²) in [7, 11) is 0. The van der Waals surface area contributed by atoms with Crippen molar-refractivity contribution >= 4 is 65.7 Å². The van der Waals surface area contributed by atoms with Gasteiger partial charge in [0.05, 0.1) is 22.0 Å². The fourth-order valence-electron chi connectivity index (χ4n) is 6.99. The zero-order valence-corrected chi connectivity index (χ0v) is 26.5. The number of benzene rings is 7. The Hall–Kier alpha value is -7.05. The minimum atomic E-state index is -0.535. The summed E-state index contributed by atoms with van der Waals surface area (Å²) in [6.07, 6.45) is 0. The molecule has 4 heterocycles. The molecule has 11 aromatic rings. The van der Waals surface area contributed by atoms with Gasteiger partial charge in [0.1, 0.15) is 22.3 Å². The summed E-state index contributed by atoms with van der Waals surface area (Å²) in [6.45, 7) is 0. The lowest BCUT2D eigenvalue weighted by Gasteiger charge is -2.11. The van der Waals surface area contributed by atoms with Gasteiger partial charge < -0.3 is 8.83 Å². The second-order valence-corrected chi connectivity index (χ2v) is 12.2. The van der Waals surface area contributed by atoms with E-state index >= 15 is 0 Å². The third-order valence-electron chi connectivity index (χ3n) is 9.33. The number of hydrogen-bond acceptors (Lipinski definition) is 5. The molecule has 7 aromatic carbocycles. The molecule has 0 saturated heterocycles. The number of fused-ring (bicyclic) bond motifs is 9. The second-order valence-electron chi connectivity index (χ2n) is 12.2. The fourth-order valence-corrected chi connectivity index (χ4v) is 6.99. The smallest absolute Gasteiger partial charge is 0.238 e. The van der Waals surface area contributed by atoms with E-state index in [1.54, 1.807) is 0 Å². The van der Waals surface area contributed by atoms with E-state index in [2.05, 4.69) is 12.1 Å². The Balaban J connectivity index is 1.17. The third kappa shape index (κ3) is 4.26. The normalized spacial score (nSPS) is 14.1. The monoisotopic (exact) mass is 662 g/mol. The summed E-state index contributed by atoms with van der Waals surface area (Å²) in [4.78, 5) is 14.6. The number of rotatable bonds is 4. The SMILES string of the molecule is [2H]c1c([2H])c([2H])c2c(c1[2H])c1c([2H])c([2H])c([2H])c([2H])c1n2-c1nc(-c2ccccc2)nc(-c2ccc3oc4ccc(-c5cccc6c5oc5ccccc56)cc4c3c2)n1. The fraction of sp³-hybridized carbons (Fsp3) is 0. The Bertz CT molecular complexity index is 3540. The quantitative estimate of drug-likeness (QED) is 0.188. The van der Waals surface area contributed by atoms with Crippen LogP contribution in [0, 0.1) is 0 Å². The Kier molecular flexibility index (Phi) is 4.44. The van der Waals surface area contributed by atoms with Crippen LogP contribution in [0.3, 0.4) is 0 Å². The number of furan rings is 2. The summed E-state index contributed by atoms with van der Waals surface area (Å²) in [5.41, 5.74) is 5.80. The zero-order chi connectivity index (χ0) is 40.4. The molecular formula is C45H26N4O2. The van der Waals surface area contributed by atoms with E-state index in [4.69, 9.17) is 34.8 Å². The first-order valence-electron chi connectivity index (χ1n) is 20.3. The van der Waals surface area contributed by atoms with Crippen molar-refractivity contribution in [2.45, 2.75) is 0 Å². The lowest BCUT2D eigenvalue weighted by Crippen LogP contribution is -2.06. The van der Waals surface area contributed by atoms with Gasteiger partial charge in [0.2, 0.25) is 5.95 Å². The van der Waals surface area contributed by atoms with Crippen molar-refractivity contribution < 1.29 is 19.8 Å². The highest BCUT2D eigenvalue weighted by atomic mass is 16.3. The molecule has 0 atom stereocenters. The molecule has 0 N–H and O–H groups in total. The first kappa shape index (κ1) is 21.1.